The molecular weight excluding hydrogens is 492 g/mol. The lowest BCUT2D eigenvalue weighted by molar-refractivity contribution is -0.123. The lowest BCUT2D eigenvalue weighted by Crippen LogP contribution is -2.24. The number of methoxy groups -OCH3 is 4. The second-order valence-electron chi connectivity index (χ2n) is 8.04. The molecule has 0 bridgehead atoms. The lowest BCUT2D eigenvalue weighted by Gasteiger charge is -2.14. The highest BCUT2D eigenvalue weighted by molar-refractivity contribution is 5.93. The van der Waals surface area contributed by atoms with Crippen LogP contribution in [-0.2, 0) is 4.79 Å². The summed E-state index contributed by atoms with van der Waals surface area (Å²) in [6, 6.07) is 13.4. The van der Waals surface area contributed by atoms with Crippen LogP contribution in [0.3, 0.4) is 0 Å². The van der Waals surface area contributed by atoms with E-state index in [9.17, 15) is 9.59 Å². The van der Waals surface area contributed by atoms with Gasteiger partial charge in [0.15, 0.2) is 29.6 Å². The van der Waals surface area contributed by atoms with E-state index in [1.807, 2.05) is 26.0 Å². The number of benzene rings is 3. The normalized spacial score (nSPS) is 10.6. The van der Waals surface area contributed by atoms with Gasteiger partial charge in [0.1, 0.15) is 5.75 Å². The average molecular weight is 523 g/mol. The summed E-state index contributed by atoms with van der Waals surface area (Å²) in [5.41, 5.74) is 5.42. The molecule has 0 fully saturated rings. The molecule has 3 aromatic rings. The van der Waals surface area contributed by atoms with Gasteiger partial charge >= 0.3 is 5.97 Å². The molecule has 200 valence electrons. The van der Waals surface area contributed by atoms with E-state index in [0.717, 1.165) is 11.1 Å². The van der Waals surface area contributed by atoms with Crippen LogP contribution >= 0.6 is 0 Å². The first-order valence-corrected chi connectivity index (χ1v) is 11.5. The average Bonchev–Trinajstić information content (AvgIpc) is 2.93. The summed E-state index contributed by atoms with van der Waals surface area (Å²) in [5.74, 6) is 1.01. The van der Waals surface area contributed by atoms with Gasteiger partial charge in [-0.05, 0) is 73.0 Å². The summed E-state index contributed by atoms with van der Waals surface area (Å²) in [4.78, 5) is 24.9. The third kappa shape index (κ3) is 6.94. The predicted molar refractivity (Wildman–Crippen MR) is 141 cm³/mol. The molecule has 10 heteroatoms. The number of aryl methyl sites for hydroxylation is 2. The number of hydrogen-bond acceptors (Lipinski definition) is 9. The summed E-state index contributed by atoms with van der Waals surface area (Å²) >= 11 is 0. The molecule has 1 N–H and O–H groups in total. The van der Waals surface area contributed by atoms with Gasteiger partial charge in [0.2, 0.25) is 5.75 Å². The molecule has 0 saturated carbocycles. The van der Waals surface area contributed by atoms with Crippen molar-refractivity contribution in [2.45, 2.75) is 13.8 Å². The zero-order valence-electron chi connectivity index (χ0n) is 22.1. The number of esters is 1. The zero-order valence-corrected chi connectivity index (χ0v) is 22.1. The van der Waals surface area contributed by atoms with Crippen LogP contribution in [0.15, 0.2) is 53.6 Å². The highest BCUT2D eigenvalue weighted by Gasteiger charge is 2.19. The van der Waals surface area contributed by atoms with Crippen LogP contribution in [0, 0.1) is 13.8 Å². The monoisotopic (exact) mass is 522 g/mol. The molecule has 1 amide bonds. The Balaban J connectivity index is 1.63. The standard InChI is InChI=1S/C28H30N2O8/c1-17-7-9-21(11-18(17)2)37-16-26(31)30-29-15-19-8-10-22(23(12-19)33-3)38-28(32)20-13-24(34-4)27(36-6)25(14-20)35-5/h7-15H,16H2,1-6H3,(H,30,31). The van der Waals surface area contributed by atoms with Crippen molar-refractivity contribution < 1.29 is 38.0 Å². The fourth-order valence-corrected chi connectivity index (χ4v) is 3.37. The van der Waals surface area contributed by atoms with E-state index in [1.165, 1.54) is 46.8 Å². The maximum absolute atomic E-state index is 12.8. The Labute approximate surface area is 221 Å². The third-order valence-electron chi connectivity index (χ3n) is 5.54. The van der Waals surface area contributed by atoms with Gasteiger partial charge in [-0.1, -0.05) is 6.07 Å². The van der Waals surface area contributed by atoms with Crippen molar-refractivity contribution in [2.24, 2.45) is 5.10 Å². The molecule has 0 atom stereocenters. The molecule has 0 aliphatic carbocycles. The fourth-order valence-electron chi connectivity index (χ4n) is 3.37. The minimum absolute atomic E-state index is 0.182. The Morgan fingerprint density at radius 3 is 2.08 bits per heavy atom. The van der Waals surface area contributed by atoms with E-state index in [1.54, 1.807) is 24.3 Å². The molecule has 0 saturated heterocycles. The third-order valence-corrected chi connectivity index (χ3v) is 5.54. The van der Waals surface area contributed by atoms with E-state index in [-0.39, 0.29) is 17.9 Å². The summed E-state index contributed by atoms with van der Waals surface area (Å²) in [7, 11) is 5.82. The maximum Gasteiger partial charge on any atom is 0.343 e. The lowest BCUT2D eigenvalue weighted by atomic mass is 10.1. The summed E-state index contributed by atoms with van der Waals surface area (Å²) in [5, 5.41) is 3.95. The summed E-state index contributed by atoms with van der Waals surface area (Å²) in [6.07, 6.45) is 1.43. The molecule has 0 radical (unpaired) electrons. The molecule has 0 spiro atoms. The van der Waals surface area contributed by atoms with Crippen LogP contribution in [0.2, 0.25) is 0 Å². The Kier molecular flexibility index (Phi) is 9.53. The number of nitrogens with one attached hydrogen (secondary N) is 1. The zero-order chi connectivity index (χ0) is 27.7. The van der Waals surface area contributed by atoms with E-state index < -0.39 is 11.9 Å². The Morgan fingerprint density at radius 1 is 0.789 bits per heavy atom. The Bertz CT molecular complexity index is 1310. The highest BCUT2D eigenvalue weighted by Crippen LogP contribution is 2.38. The molecule has 0 aromatic heterocycles. The van der Waals surface area contributed by atoms with Gasteiger partial charge in [-0.25, -0.2) is 10.2 Å². The number of amides is 1. The van der Waals surface area contributed by atoms with E-state index in [4.69, 9.17) is 28.4 Å². The molecule has 0 heterocycles. The van der Waals surface area contributed by atoms with Crippen molar-refractivity contribution in [1.82, 2.24) is 5.43 Å². The van der Waals surface area contributed by atoms with Crippen molar-refractivity contribution in [2.75, 3.05) is 35.0 Å². The molecule has 3 rings (SSSR count). The number of hydrazone groups is 1. The van der Waals surface area contributed by atoms with E-state index in [2.05, 4.69) is 10.5 Å². The quantitative estimate of drug-likeness (QED) is 0.173. The van der Waals surface area contributed by atoms with Gasteiger partial charge in [0.25, 0.3) is 5.91 Å². The van der Waals surface area contributed by atoms with Crippen molar-refractivity contribution in [3.05, 3.63) is 70.8 Å². The number of rotatable bonds is 11. The molecule has 0 unspecified atom stereocenters. The van der Waals surface area contributed by atoms with Crippen molar-refractivity contribution >= 4 is 18.1 Å². The van der Waals surface area contributed by atoms with Crippen molar-refractivity contribution in [1.29, 1.82) is 0 Å². The van der Waals surface area contributed by atoms with Gasteiger partial charge in [0.05, 0.1) is 40.2 Å². The van der Waals surface area contributed by atoms with E-state index >= 15 is 0 Å². The van der Waals surface area contributed by atoms with Gasteiger partial charge < -0.3 is 28.4 Å². The molecular formula is C28H30N2O8. The largest absolute Gasteiger partial charge is 0.493 e. The predicted octanol–water partition coefficient (Wildman–Crippen LogP) is 4.09. The van der Waals surface area contributed by atoms with Crippen LogP contribution < -0.4 is 33.8 Å². The fraction of sp³-hybridized carbons (Fsp3) is 0.250. The van der Waals surface area contributed by atoms with Gasteiger partial charge in [-0.3, -0.25) is 4.79 Å². The van der Waals surface area contributed by atoms with Gasteiger partial charge in [-0.2, -0.15) is 5.10 Å². The first kappa shape index (κ1) is 27.9. The van der Waals surface area contributed by atoms with Crippen LogP contribution in [-0.4, -0.2) is 53.1 Å². The minimum Gasteiger partial charge on any atom is -0.493 e. The SMILES string of the molecule is COc1cc(C=NNC(=O)COc2ccc(C)c(C)c2)ccc1OC(=O)c1cc(OC)c(OC)c(OC)c1. The first-order valence-electron chi connectivity index (χ1n) is 11.5. The Hall–Kier alpha value is -4.73. The highest BCUT2D eigenvalue weighted by atomic mass is 16.6. The van der Waals surface area contributed by atoms with Crippen molar-refractivity contribution in [3.8, 4) is 34.5 Å². The number of ether oxygens (including phenoxy) is 6. The van der Waals surface area contributed by atoms with Gasteiger partial charge in [0, 0.05) is 0 Å². The number of carbonyl (C=O) groups excluding carboxylic acids is 2. The number of hydrogen-bond donors (Lipinski definition) is 1. The molecule has 0 aliphatic rings. The Morgan fingerprint density at radius 2 is 1.47 bits per heavy atom. The second-order valence-corrected chi connectivity index (χ2v) is 8.04. The van der Waals surface area contributed by atoms with Gasteiger partial charge in [-0.15, -0.1) is 0 Å². The minimum atomic E-state index is -0.653. The summed E-state index contributed by atoms with van der Waals surface area (Å²) < 4.78 is 32.3. The maximum atomic E-state index is 12.8. The van der Waals surface area contributed by atoms with Crippen molar-refractivity contribution in [3.63, 3.8) is 0 Å². The van der Waals surface area contributed by atoms with E-state index in [0.29, 0.717) is 34.3 Å². The molecule has 10 nitrogen and oxygen atoms in total. The molecule has 0 aliphatic heterocycles. The first-order chi connectivity index (χ1) is 18.3. The topological polar surface area (TPSA) is 114 Å². The number of nitrogens with zero attached hydrogens (tertiary/aromatic N) is 1. The second kappa shape index (κ2) is 13.0. The van der Waals surface area contributed by atoms with Crippen LogP contribution in [0.4, 0.5) is 0 Å². The summed E-state index contributed by atoms with van der Waals surface area (Å²) in [6.45, 7) is 3.79. The van der Waals surface area contributed by atoms with Crippen LogP contribution in [0.25, 0.3) is 0 Å². The van der Waals surface area contributed by atoms with Crippen LogP contribution in [0.1, 0.15) is 27.0 Å². The molecule has 3 aromatic carbocycles. The number of carbonyl (C=O) groups is 2. The smallest absolute Gasteiger partial charge is 0.343 e. The molecule has 38 heavy (non-hydrogen) atoms. The van der Waals surface area contributed by atoms with Crippen LogP contribution in [0.5, 0.6) is 34.5 Å².